The number of nitriles is 1. The number of amides is 1. The van der Waals surface area contributed by atoms with Gasteiger partial charge in [0.05, 0.1) is 11.6 Å². The van der Waals surface area contributed by atoms with Gasteiger partial charge in [-0.2, -0.15) is 5.26 Å². The predicted octanol–water partition coefficient (Wildman–Crippen LogP) is 3.43. The zero-order valence-corrected chi connectivity index (χ0v) is 13.2. The van der Waals surface area contributed by atoms with Gasteiger partial charge in [0, 0.05) is 37.1 Å². The molecule has 1 N–H and O–H groups in total. The molecule has 3 aromatic rings. The van der Waals surface area contributed by atoms with E-state index in [1.54, 1.807) is 12.3 Å². The maximum absolute atomic E-state index is 11.1. The maximum Gasteiger partial charge on any atom is 0.221 e. The monoisotopic (exact) mass is 316 g/mol. The number of carbonyl (C=O) groups is 1. The van der Waals surface area contributed by atoms with Gasteiger partial charge in [0.2, 0.25) is 5.91 Å². The first-order valence-electron chi connectivity index (χ1n) is 7.54. The molecule has 0 bridgehead atoms. The summed E-state index contributed by atoms with van der Waals surface area (Å²) < 4.78 is 2.03. The molecule has 24 heavy (non-hydrogen) atoms. The summed E-state index contributed by atoms with van der Waals surface area (Å²) in [6.45, 7) is 2.12. The predicted molar refractivity (Wildman–Crippen MR) is 92.2 cm³/mol. The van der Waals surface area contributed by atoms with Crippen LogP contribution in [0.1, 0.15) is 18.1 Å². The third-order valence-electron chi connectivity index (χ3n) is 3.59. The second kappa shape index (κ2) is 6.80. The van der Waals surface area contributed by atoms with Crippen molar-refractivity contribution in [2.45, 2.75) is 13.5 Å². The Kier molecular flexibility index (Phi) is 4.39. The van der Waals surface area contributed by atoms with Crippen molar-refractivity contribution in [3.63, 3.8) is 0 Å². The summed E-state index contributed by atoms with van der Waals surface area (Å²) in [4.78, 5) is 15.5. The quantitative estimate of drug-likeness (QED) is 0.801. The summed E-state index contributed by atoms with van der Waals surface area (Å²) >= 11 is 0. The lowest BCUT2D eigenvalue weighted by Gasteiger charge is -2.09. The van der Waals surface area contributed by atoms with Crippen molar-refractivity contribution >= 4 is 11.6 Å². The molecule has 0 aliphatic heterocycles. The lowest BCUT2D eigenvalue weighted by atomic mass is 10.1. The van der Waals surface area contributed by atoms with Crippen molar-refractivity contribution in [1.29, 1.82) is 5.26 Å². The van der Waals surface area contributed by atoms with Gasteiger partial charge in [0.25, 0.3) is 0 Å². The number of benzene rings is 2. The van der Waals surface area contributed by atoms with E-state index in [4.69, 9.17) is 5.26 Å². The molecule has 118 valence electrons. The Labute approximate surface area is 140 Å². The van der Waals surface area contributed by atoms with Gasteiger partial charge in [-0.1, -0.05) is 12.1 Å². The van der Waals surface area contributed by atoms with E-state index in [-0.39, 0.29) is 5.91 Å². The third kappa shape index (κ3) is 3.50. The van der Waals surface area contributed by atoms with Crippen LogP contribution in [0.3, 0.4) is 0 Å². The Morgan fingerprint density at radius 2 is 2.04 bits per heavy atom. The topological polar surface area (TPSA) is 70.7 Å². The normalized spacial score (nSPS) is 10.2. The van der Waals surface area contributed by atoms with Gasteiger partial charge in [0.15, 0.2) is 0 Å². The summed E-state index contributed by atoms with van der Waals surface area (Å²) in [7, 11) is 0. The van der Waals surface area contributed by atoms with Gasteiger partial charge in [-0.05, 0) is 42.0 Å². The van der Waals surface area contributed by atoms with Crippen LogP contribution in [-0.4, -0.2) is 15.5 Å². The van der Waals surface area contributed by atoms with Crippen LogP contribution < -0.4 is 5.32 Å². The van der Waals surface area contributed by atoms with Gasteiger partial charge in [-0.15, -0.1) is 0 Å². The number of carbonyl (C=O) groups excluding carboxylic acids is 1. The summed E-state index contributed by atoms with van der Waals surface area (Å²) in [5.41, 5.74) is 3.41. The van der Waals surface area contributed by atoms with Crippen LogP contribution in [0.5, 0.6) is 0 Å². The molecule has 0 saturated carbocycles. The van der Waals surface area contributed by atoms with Gasteiger partial charge in [0.1, 0.15) is 5.82 Å². The van der Waals surface area contributed by atoms with Crippen LogP contribution >= 0.6 is 0 Å². The second-order valence-electron chi connectivity index (χ2n) is 5.45. The average Bonchev–Trinajstić information content (AvgIpc) is 3.03. The summed E-state index contributed by atoms with van der Waals surface area (Å²) in [5, 5.41) is 11.8. The number of anilines is 1. The molecule has 2 aromatic carbocycles. The van der Waals surface area contributed by atoms with Crippen molar-refractivity contribution in [2.75, 3.05) is 5.32 Å². The highest BCUT2D eigenvalue weighted by Gasteiger charge is 2.07. The molecule has 5 heteroatoms. The van der Waals surface area contributed by atoms with Crippen molar-refractivity contribution in [2.24, 2.45) is 0 Å². The zero-order chi connectivity index (χ0) is 16.9. The molecule has 5 nitrogen and oxygen atoms in total. The largest absolute Gasteiger partial charge is 0.327 e. The molecular weight excluding hydrogens is 300 g/mol. The highest BCUT2D eigenvalue weighted by atomic mass is 16.1. The number of aromatic nitrogens is 2. The molecule has 1 heterocycles. The van der Waals surface area contributed by atoms with Crippen LogP contribution in [-0.2, 0) is 11.3 Å². The van der Waals surface area contributed by atoms with E-state index in [1.165, 1.54) is 6.92 Å². The Bertz CT molecular complexity index is 904. The molecule has 0 spiro atoms. The average molecular weight is 316 g/mol. The van der Waals surface area contributed by atoms with Crippen LogP contribution in [0.2, 0.25) is 0 Å². The van der Waals surface area contributed by atoms with Crippen molar-refractivity contribution in [1.82, 2.24) is 9.55 Å². The summed E-state index contributed by atoms with van der Waals surface area (Å²) in [6, 6.07) is 17.3. The van der Waals surface area contributed by atoms with E-state index in [0.717, 1.165) is 22.6 Å². The van der Waals surface area contributed by atoms with E-state index < -0.39 is 0 Å². The number of hydrogen-bond acceptors (Lipinski definition) is 3. The fourth-order valence-corrected chi connectivity index (χ4v) is 2.54. The van der Waals surface area contributed by atoms with E-state index in [2.05, 4.69) is 16.4 Å². The minimum Gasteiger partial charge on any atom is -0.327 e. The number of nitrogens with one attached hydrogen (secondary N) is 1. The Morgan fingerprint density at radius 1 is 1.25 bits per heavy atom. The maximum atomic E-state index is 11.1. The SMILES string of the molecule is CC(=O)Nc1ccc(-c2nccn2Cc2cccc(C#N)c2)cc1. The fraction of sp³-hybridized carbons (Fsp3) is 0.105. The molecule has 0 fully saturated rings. The van der Waals surface area contributed by atoms with E-state index in [9.17, 15) is 4.79 Å². The van der Waals surface area contributed by atoms with Crippen LogP contribution in [0.25, 0.3) is 11.4 Å². The molecule has 3 rings (SSSR count). The lowest BCUT2D eigenvalue weighted by molar-refractivity contribution is -0.114. The molecule has 0 radical (unpaired) electrons. The van der Waals surface area contributed by atoms with Gasteiger partial charge in [-0.3, -0.25) is 4.79 Å². The molecule has 0 aliphatic carbocycles. The smallest absolute Gasteiger partial charge is 0.221 e. The van der Waals surface area contributed by atoms with Crippen LogP contribution in [0.15, 0.2) is 60.9 Å². The molecule has 0 unspecified atom stereocenters. The molecule has 1 amide bonds. The first-order chi connectivity index (χ1) is 11.7. The van der Waals surface area contributed by atoms with Gasteiger partial charge in [-0.25, -0.2) is 4.98 Å². The summed E-state index contributed by atoms with van der Waals surface area (Å²) in [5.74, 6) is 0.744. The van der Waals surface area contributed by atoms with Crippen molar-refractivity contribution in [3.8, 4) is 17.5 Å². The molecular formula is C19H16N4O. The van der Waals surface area contributed by atoms with Gasteiger partial charge >= 0.3 is 0 Å². The number of hydrogen-bond donors (Lipinski definition) is 1. The van der Waals surface area contributed by atoms with Crippen LogP contribution in [0.4, 0.5) is 5.69 Å². The summed E-state index contributed by atoms with van der Waals surface area (Å²) in [6.07, 6.45) is 3.67. The van der Waals surface area contributed by atoms with Crippen molar-refractivity contribution in [3.05, 3.63) is 72.1 Å². The lowest BCUT2D eigenvalue weighted by Crippen LogP contribution is -2.05. The number of nitrogens with zero attached hydrogens (tertiary/aromatic N) is 3. The first kappa shape index (κ1) is 15.5. The Balaban J connectivity index is 1.85. The minimum atomic E-state index is -0.0957. The standard InChI is InChI=1S/C19H16N4O/c1-14(24)22-18-7-5-17(6-8-18)19-21-9-10-23(19)13-16-4-2-3-15(11-16)12-20/h2-11H,13H2,1H3,(H,22,24). The molecule has 0 saturated heterocycles. The Morgan fingerprint density at radius 3 is 2.75 bits per heavy atom. The molecule has 0 atom stereocenters. The Hall–Kier alpha value is -3.39. The zero-order valence-electron chi connectivity index (χ0n) is 13.2. The fourth-order valence-electron chi connectivity index (χ4n) is 2.54. The molecule has 0 aliphatic rings. The third-order valence-corrected chi connectivity index (χ3v) is 3.59. The van der Waals surface area contributed by atoms with Crippen LogP contribution in [0, 0.1) is 11.3 Å². The van der Waals surface area contributed by atoms with Gasteiger partial charge < -0.3 is 9.88 Å². The highest BCUT2D eigenvalue weighted by molar-refractivity contribution is 5.88. The van der Waals surface area contributed by atoms with E-state index >= 15 is 0 Å². The number of rotatable bonds is 4. The molecule has 1 aromatic heterocycles. The number of imidazole rings is 1. The highest BCUT2D eigenvalue weighted by Crippen LogP contribution is 2.21. The van der Waals surface area contributed by atoms with Crippen molar-refractivity contribution < 1.29 is 4.79 Å². The van der Waals surface area contributed by atoms with E-state index in [1.807, 2.05) is 53.2 Å². The first-order valence-corrected chi connectivity index (χ1v) is 7.54. The minimum absolute atomic E-state index is 0.0957. The second-order valence-corrected chi connectivity index (χ2v) is 5.45. The van der Waals surface area contributed by atoms with E-state index in [0.29, 0.717) is 12.1 Å².